The van der Waals surface area contributed by atoms with Crippen molar-refractivity contribution in [2.75, 3.05) is 25.4 Å². The molecule has 0 atom stereocenters. The van der Waals surface area contributed by atoms with E-state index in [1.54, 1.807) is 10.9 Å². The Balaban J connectivity index is 1.51. The zero-order valence-electron chi connectivity index (χ0n) is 15.2. The number of aromatic nitrogens is 3. The van der Waals surface area contributed by atoms with Crippen molar-refractivity contribution in [1.82, 2.24) is 25.0 Å². The number of likely N-dealkylation sites (tertiary alicyclic amines) is 1. The van der Waals surface area contributed by atoms with Gasteiger partial charge < -0.3 is 10.2 Å². The van der Waals surface area contributed by atoms with Crippen molar-refractivity contribution in [3.8, 4) is 5.69 Å². The van der Waals surface area contributed by atoms with E-state index in [-0.39, 0.29) is 24.1 Å². The Morgan fingerprint density at radius 2 is 2.04 bits per heavy atom. The van der Waals surface area contributed by atoms with E-state index in [0.29, 0.717) is 10.2 Å². The summed E-state index contributed by atoms with van der Waals surface area (Å²) in [6, 6.07) is 5.68. The van der Waals surface area contributed by atoms with Gasteiger partial charge in [-0.25, -0.2) is 0 Å². The molecule has 0 spiro atoms. The van der Waals surface area contributed by atoms with Crippen LogP contribution in [0.25, 0.3) is 5.69 Å². The van der Waals surface area contributed by atoms with Crippen LogP contribution in [-0.4, -0.2) is 56.9 Å². The Hall–Kier alpha value is -2.06. The van der Waals surface area contributed by atoms with Crippen LogP contribution < -0.4 is 5.32 Å². The molecule has 2 heterocycles. The molecule has 27 heavy (non-hydrogen) atoms. The summed E-state index contributed by atoms with van der Waals surface area (Å²) in [7, 11) is 0. The number of nitrogens with one attached hydrogen (secondary N) is 1. The van der Waals surface area contributed by atoms with Crippen LogP contribution in [0.4, 0.5) is 0 Å². The van der Waals surface area contributed by atoms with E-state index in [0.717, 1.165) is 37.2 Å². The van der Waals surface area contributed by atoms with Gasteiger partial charge in [-0.3, -0.25) is 14.2 Å². The summed E-state index contributed by atoms with van der Waals surface area (Å²) in [6.45, 7) is 3.54. The lowest BCUT2D eigenvalue weighted by Gasteiger charge is -2.26. The van der Waals surface area contributed by atoms with Gasteiger partial charge in [0.15, 0.2) is 5.16 Å². The lowest BCUT2D eigenvalue weighted by atomic mass is 10.1. The van der Waals surface area contributed by atoms with E-state index >= 15 is 0 Å². The van der Waals surface area contributed by atoms with Gasteiger partial charge in [-0.15, -0.1) is 10.2 Å². The molecular formula is C18H22ClN5O2S. The maximum atomic E-state index is 12.1. The third-order valence-electron chi connectivity index (χ3n) is 4.43. The first-order valence-corrected chi connectivity index (χ1v) is 10.2. The number of rotatable bonds is 6. The molecule has 9 heteroatoms. The summed E-state index contributed by atoms with van der Waals surface area (Å²) in [6.07, 6.45) is 4.82. The summed E-state index contributed by atoms with van der Waals surface area (Å²) >= 11 is 7.45. The molecular weight excluding hydrogens is 386 g/mol. The summed E-state index contributed by atoms with van der Waals surface area (Å²) in [5.41, 5.74) is 1.82. The predicted molar refractivity (Wildman–Crippen MR) is 105 cm³/mol. The Bertz CT molecular complexity index is 820. The predicted octanol–water partition coefficient (Wildman–Crippen LogP) is 2.45. The van der Waals surface area contributed by atoms with Gasteiger partial charge in [0.2, 0.25) is 11.8 Å². The highest BCUT2D eigenvalue weighted by atomic mass is 35.5. The highest BCUT2D eigenvalue weighted by Crippen LogP contribution is 2.23. The number of aryl methyl sites for hydroxylation is 1. The molecule has 1 aliphatic heterocycles. The normalized spacial score (nSPS) is 14.2. The second kappa shape index (κ2) is 9.23. The minimum Gasteiger partial charge on any atom is -0.346 e. The van der Waals surface area contributed by atoms with Gasteiger partial charge in [-0.2, -0.15) is 0 Å². The Morgan fingerprint density at radius 1 is 1.26 bits per heavy atom. The fourth-order valence-corrected chi connectivity index (χ4v) is 3.78. The number of carbonyl (C=O) groups excluding carboxylic acids is 2. The van der Waals surface area contributed by atoms with Crippen LogP contribution in [0, 0.1) is 6.92 Å². The van der Waals surface area contributed by atoms with Crippen molar-refractivity contribution in [3.05, 3.63) is 35.1 Å². The molecule has 1 N–H and O–H groups in total. The standard InChI is InChI=1S/C18H22ClN5O2S/c1-13-5-6-14(9-15(13)19)24-12-21-22-18(24)27-11-16(25)20-10-17(26)23-7-3-2-4-8-23/h5-6,9,12H,2-4,7-8,10-11H2,1H3,(H,20,25). The van der Waals surface area contributed by atoms with Crippen molar-refractivity contribution in [2.45, 2.75) is 31.3 Å². The van der Waals surface area contributed by atoms with Gasteiger partial charge in [0.25, 0.3) is 0 Å². The quantitative estimate of drug-likeness (QED) is 0.744. The summed E-state index contributed by atoms with van der Waals surface area (Å²) in [4.78, 5) is 26.0. The van der Waals surface area contributed by atoms with E-state index in [9.17, 15) is 9.59 Å². The Kier molecular flexibility index (Phi) is 6.73. The first-order valence-electron chi connectivity index (χ1n) is 8.88. The maximum absolute atomic E-state index is 12.1. The van der Waals surface area contributed by atoms with E-state index < -0.39 is 0 Å². The smallest absolute Gasteiger partial charge is 0.241 e. The number of amides is 2. The number of hydrogen-bond acceptors (Lipinski definition) is 5. The van der Waals surface area contributed by atoms with E-state index in [1.807, 2.05) is 30.0 Å². The van der Waals surface area contributed by atoms with Crippen molar-refractivity contribution in [3.63, 3.8) is 0 Å². The maximum Gasteiger partial charge on any atom is 0.241 e. The third kappa shape index (κ3) is 5.23. The molecule has 7 nitrogen and oxygen atoms in total. The van der Waals surface area contributed by atoms with Crippen molar-refractivity contribution in [1.29, 1.82) is 0 Å². The molecule has 0 radical (unpaired) electrons. The molecule has 144 valence electrons. The lowest BCUT2D eigenvalue weighted by Crippen LogP contribution is -2.42. The minimum atomic E-state index is -0.207. The monoisotopic (exact) mass is 407 g/mol. The Morgan fingerprint density at radius 3 is 2.78 bits per heavy atom. The lowest BCUT2D eigenvalue weighted by molar-refractivity contribution is -0.133. The first kappa shape index (κ1) is 19.7. The van der Waals surface area contributed by atoms with Crippen molar-refractivity contribution < 1.29 is 9.59 Å². The molecule has 0 unspecified atom stereocenters. The Labute approximate surface area is 167 Å². The SMILES string of the molecule is Cc1ccc(-n2cnnc2SCC(=O)NCC(=O)N2CCCCC2)cc1Cl. The highest BCUT2D eigenvalue weighted by Gasteiger charge is 2.17. The van der Waals surface area contributed by atoms with Crippen LogP contribution in [0.3, 0.4) is 0 Å². The van der Waals surface area contributed by atoms with Gasteiger partial charge in [0, 0.05) is 18.1 Å². The number of benzene rings is 1. The molecule has 0 saturated carbocycles. The number of hydrogen-bond donors (Lipinski definition) is 1. The second-order valence-electron chi connectivity index (χ2n) is 6.42. The van der Waals surface area contributed by atoms with E-state index in [1.165, 1.54) is 18.2 Å². The number of halogens is 1. The van der Waals surface area contributed by atoms with Gasteiger partial charge in [-0.1, -0.05) is 29.4 Å². The van der Waals surface area contributed by atoms with Crippen LogP contribution in [0.5, 0.6) is 0 Å². The van der Waals surface area contributed by atoms with Gasteiger partial charge in [0.1, 0.15) is 6.33 Å². The van der Waals surface area contributed by atoms with E-state index in [4.69, 9.17) is 11.6 Å². The number of nitrogens with zero attached hydrogens (tertiary/aromatic N) is 4. The molecule has 1 aromatic heterocycles. The van der Waals surface area contributed by atoms with Crippen LogP contribution >= 0.6 is 23.4 Å². The number of carbonyl (C=O) groups is 2. The van der Waals surface area contributed by atoms with Gasteiger partial charge in [-0.05, 0) is 43.9 Å². The first-order chi connectivity index (χ1) is 13.0. The molecule has 0 aliphatic carbocycles. The molecule has 0 bridgehead atoms. The molecule has 1 fully saturated rings. The summed E-state index contributed by atoms with van der Waals surface area (Å²) in [5.74, 6) is -0.0710. The average molecular weight is 408 g/mol. The second-order valence-corrected chi connectivity index (χ2v) is 7.77. The largest absolute Gasteiger partial charge is 0.346 e. The van der Waals surface area contributed by atoms with Crippen LogP contribution in [-0.2, 0) is 9.59 Å². The van der Waals surface area contributed by atoms with Crippen LogP contribution in [0.1, 0.15) is 24.8 Å². The third-order valence-corrected chi connectivity index (χ3v) is 5.78. The number of thioether (sulfide) groups is 1. The fourth-order valence-electron chi connectivity index (χ4n) is 2.84. The van der Waals surface area contributed by atoms with Crippen LogP contribution in [0.2, 0.25) is 5.02 Å². The highest BCUT2D eigenvalue weighted by molar-refractivity contribution is 7.99. The summed E-state index contributed by atoms with van der Waals surface area (Å²) < 4.78 is 1.78. The zero-order valence-corrected chi connectivity index (χ0v) is 16.7. The summed E-state index contributed by atoms with van der Waals surface area (Å²) in [5, 5.41) is 11.9. The fraction of sp³-hybridized carbons (Fsp3) is 0.444. The molecule has 3 rings (SSSR count). The molecule has 1 saturated heterocycles. The zero-order chi connectivity index (χ0) is 19.2. The molecule has 1 aromatic carbocycles. The van der Waals surface area contributed by atoms with Crippen LogP contribution in [0.15, 0.2) is 29.7 Å². The average Bonchev–Trinajstić information content (AvgIpc) is 3.16. The topological polar surface area (TPSA) is 80.1 Å². The van der Waals surface area contributed by atoms with Crippen molar-refractivity contribution >= 4 is 35.2 Å². The van der Waals surface area contributed by atoms with Gasteiger partial charge >= 0.3 is 0 Å². The van der Waals surface area contributed by atoms with Gasteiger partial charge in [0.05, 0.1) is 18.0 Å². The number of piperidine rings is 1. The van der Waals surface area contributed by atoms with E-state index in [2.05, 4.69) is 15.5 Å². The molecule has 2 amide bonds. The molecule has 2 aromatic rings. The minimum absolute atomic E-state index is 0.0227. The van der Waals surface area contributed by atoms with Crippen molar-refractivity contribution in [2.24, 2.45) is 0 Å². The molecule has 1 aliphatic rings.